The third-order valence-corrected chi connectivity index (χ3v) is 6.91. The number of amides is 1. The van der Waals surface area contributed by atoms with Gasteiger partial charge in [0.15, 0.2) is 0 Å². The van der Waals surface area contributed by atoms with Crippen LogP contribution in [0.25, 0.3) is 0 Å². The molecule has 3 heterocycles. The molecular weight excluding hydrogens is 483 g/mol. The molecule has 2 fully saturated rings. The van der Waals surface area contributed by atoms with Crippen molar-refractivity contribution in [1.29, 1.82) is 0 Å². The summed E-state index contributed by atoms with van der Waals surface area (Å²) in [5.74, 6) is 0.342. The van der Waals surface area contributed by atoms with Crippen LogP contribution in [0.15, 0.2) is 30.5 Å². The highest BCUT2D eigenvalue weighted by Crippen LogP contribution is 2.36. The average molecular weight is 520 g/mol. The Morgan fingerprint density at radius 2 is 1.86 bits per heavy atom. The number of nitrogens with zero attached hydrogens (tertiary/aromatic N) is 3. The number of alkyl halides is 3. The number of benzene rings is 1. The molecule has 2 aliphatic rings. The van der Waals surface area contributed by atoms with Crippen molar-refractivity contribution < 1.29 is 22.7 Å². The summed E-state index contributed by atoms with van der Waals surface area (Å²) in [6.45, 7) is 7.17. The van der Waals surface area contributed by atoms with Crippen LogP contribution < -0.4 is 10.6 Å². The van der Waals surface area contributed by atoms with Gasteiger partial charge in [-0.3, -0.25) is 0 Å². The highest BCUT2D eigenvalue weighted by molar-refractivity contribution is 5.68. The van der Waals surface area contributed by atoms with Crippen LogP contribution in [0.3, 0.4) is 0 Å². The fourth-order valence-corrected chi connectivity index (χ4v) is 4.84. The first-order valence-corrected chi connectivity index (χ1v) is 13.2. The minimum Gasteiger partial charge on any atom is -0.449 e. The molecule has 2 saturated heterocycles. The molecule has 1 aromatic carbocycles. The number of ether oxygens (including phenoxy) is 1. The Hall–Kier alpha value is -3.01. The van der Waals surface area contributed by atoms with Gasteiger partial charge in [-0.15, -0.1) is 0 Å². The van der Waals surface area contributed by atoms with Gasteiger partial charge in [-0.1, -0.05) is 19.1 Å². The number of cyclic esters (lactones) is 1. The molecule has 1 amide bonds. The molecule has 4 rings (SSSR count). The second kappa shape index (κ2) is 12.5. The van der Waals surface area contributed by atoms with Gasteiger partial charge in [0, 0.05) is 44.1 Å². The lowest BCUT2D eigenvalue weighted by Gasteiger charge is -2.26. The van der Waals surface area contributed by atoms with Gasteiger partial charge in [0.2, 0.25) is 0 Å². The molecule has 7 nitrogen and oxygen atoms in total. The summed E-state index contributed by atoms with van der Waals surface area (Å²) in [5, 5.41) is 6.11. The number of halogens is 3. The highest BCUT2D eigenvalue weighted by atomic mass is 19.4. The second-order valence-electron chi connectivity index (χ2n) is 9.62. The number of likely N-dealkylation sites (tertiary alicyclic amines) is 1. The van der Waals surface area contributed by atoms with Crippen LogP contribution in [0.4, 0.5) is 35.2 Å². The minimum atomic E-state index is -4.53. The van der Waals surface area contributed by atoms with Crippen molar-refractivity contribution in [2.24, 2.45) is 0 Å². The quantitative estimate of drug-likeness (QED) is 0.372. The fraction of sp³-hybridized carbons (Fsp3) is 0.556. The molecule has 2 aliphatic heterocycles. The first kappa shape index (κ1) is 27.0. The van der Waals surface area contributed by atoms with E-state index in [0.29, 0.717) is 31.9 Å². The molecule has 2 aromatic rings. The first-order chi connectivity index (χ1) is 17.8. The molecule has 37 heavy (non-hydrogen) atoms. The lowest BCUT2D eigenvalue weighted by molar-refractivity contribution is -0.137. The zero-order valence-electron chi connectivity index (χ0n) is 21.4. The zero-order valence-corrected chi connectivity index (χ0v) is 21.4. The molecule has 0 spiro atoms. The van der Waals surface area contributed by atoms with E-state index in [0.717, 1.165) is 43.3 Å². The van der Waals surface area contributed by atoms with E-state index >= 15 is 0 Å². The Bertz CT molecular complexity index is 1060. The van der Waals surface area contributed by atoms with Crippen LogP contribution >= 0.6 is 0 Å². The van der Waals surface area contributed by atoms with E-state index in [-0.39, 0.29) is 18.3 Å². The van der Waals surface area contributed by atoms with Crippen LogP contribution in [0.5, 0.6) is 0 Å². The summed E-state index contributed by atoms with van der Waals surface area (Å²) in [7, 11) is 0. The summed E-state index contributed by atoms with van der Waals surface area (Å²) in [6, 6.07) is 7.64. The standard InChI is InChI=1S/C27H36F3N5O2/c1-2-21-17-20(9-15-34-11-3-4-12-34)7-8-23(21)33-25-18-24(22(19-32-25)27(28,29)30)31-10-5-13-35-14-6-16-37-26(35)36/h7-8,17-19H,2-6,9-16H2,1H3,(H2,31,32,33). The van der Waals surface area contributed by atoms with Gasteiger partial charge < -0.3 is 25.2 Å². The number of hydrogen-bond donors (Lipinski definition) is 2. The van der Waals surface area contributed by atoms with Gasteiger partial charge in [0.25, 0.3) is 0 Å². The Morgan fingerprint density at radius 3 is 2.59 bits per heavy atom. The molecule has 0 aliphatic carbocycles. The summed E-state index contributed by atoms with van der Waals surface area (Å²) in [5.41, 5.74) is 2.35. The van der Waals surface area contributed by atoms with Crippen molar-refractivity contribution in [3.8, 4) is 0 Å². The molecule has 2 N–H and O–H groups in total. The predicted octanol–water partition coefficient (Wildman–Crippen LogP) is 5.69. The molecule has 0 radical (unpaired) electrons. The third-order valence-electron chi connectivity index (χ3n) is 6.91. The van der Waals surface area contributed by atoms with Crippen LogP contribution in [0, 0.1) is 0 Å². The van der Waals surface area contributed by atoms with Crippen molar-refractivity contribution in [3.05, 3.63) is 47.2 Å². The zero-order chi connectivity index (χ0) is 26.3. The third kappa shape index (κ3) is 7.50. The van der Waals surface area contributed by atoms with Gasteiger partial charge in [-0.05, 0) is 68.8 Å². The number of aromatic nitrogens is 1. The molecule has 0 saturated carbocycles. The molecule has 0 bridgehead atoms. The Balaban J connectivity index is 1.41. The molecular formula is C27H36F3N5O2. The molecule has 0 atom stereocenters. The normalized spacial score (nSPS) is 16.6. The summed E-state index contributed by atoms with van der Waals surface area (Å²) < 4.78 is 45.9. The van der Waals surface area contributed by atoms with E-state index < -0.39 is 11.7 Å². The average Bonchev–Trinajstić information content (AvgIpc) is 3.40. The number of pyridine rings is 1. The van der Waals surface area contributed by atoms with Crippen molar-refractivity contribution >= 4 is 23.3 Å². The number of carbonyl (C=O) groups is 1. The summed E-state index contributed by atoms with van der Waals surface area (Å²) >= 11 is 0. The number of aryl methyl sites for hydroxylation is 1. The molecule has 0 unspecified atom stereocenters. The van der Waals surface area contributed by atoms with E-state index in [9.17, 15) is 18.0 Å². The Kier molecular flexibility index (Phi) is 9.13. The topological polar surface area (TPSA) is 69.7 Å². The van der Waals surface area contributed by atoms with E-state index in [1.165, 1.54) is 37.6 Å². The number of hydrogen-bond acceptors (Lipinski definition) is 6. The summed E-state index contributed by atoms with van der Waals surface area (Å²) in [6.07, 6.45) is 1.54. The maximum absolute atomic E-state index is 13.6. The Morgan fingerprint density at radius 1 is 1.05 bits per heavy atom. The molecule has 10 heteroatoms. The monoisotopic (exact) mass is 519 g/mol. The maximum atomic E-state index is 13.6. The van der Waals surface area contributed by atoms with Gasteiger partial charge in [-0.2, -0.15) is 13.2 Å². The maximum Gasteiger partial charge on any atom is 0.419 e. The van der Waals surface area contributed by atoms with Crippen LogP contribution in [0.1, 0.15) is 49.3 Å². The van der Waals surface area contributed by atoms with Gasteiger partial charge in [0.05, 0.1) is 17.9 Å². The smallest absolute Gasteiger partial charge is 0.419 e. The minimum absolute atomic E-state index is 0.0356. The van der Waals surface area contributed by atoms with E-state index in [1.54, 1.807) is 4.90 Å². The summed E-state index contributed by atoms with van der Waals surface area (Å²) in [4.78, 5) is 19.9. The van der Waals surface area contributed by atoms with Crippen LogP contribution in [-0.2, 0) is 23.8 Å². The lowest BCUT2D eigenvalue weighted by Crippen LogP contribution is -2.38. The lowest BCUT2D eigenvalue weighted by atomic mass is 10.0. The van der Waals surface area contributed by atoms with Crippen molar-refractivity contribution in [3.63, 3.8) is 0 Å². The van der Waals surface area contributed by atoms with Gasteiger partial charge >= 0.3 is 12.3 Å². The van der Waals surface area contributed by atoms with Gasteiger partial charge in [-0.25, -0.2) is 9.78 Å². The second-order valence-corrected chi connectivity index (χ2v) is 9.62. The number of nitrogens with one attached hydrogen (secondary N) is 2. The number of carbonyl (C=O) groups excluding carboxylic acids is 1. The number of rotatable bonds is 11. The van der Waals surface area contributed by atoms with E-state index in [2.05, 4.69) is 39.6 Å². The van der Waals surface area contributed by atoms with Crippen LogP contribution in [0.2, 0.25) is 0 Å². The van der Waals surface area contributed by atoms with Crippen LogP contribution in [-0.4, -0.2) is 66.8 Å². The van der Waals surface area contributed by atoms with E-state index in [1.807, 2.05) is 6.07 Å². The van der Waals surface area contributed by atoms with Crippen molar-refractivity contribution in [2.75, 3.05) is 56.5 Å². The predicted molar refractivity (Wildman–Crippen MR) is 138 cm³/mol. The first-order valence-electron chi connectivity index (χ1n) is 13.2. The van der Waals surface area contributed by atoms with Crippen molar-refractivity contribution in [1.82, 2.24) is 14.8 Å². The van der Waals surface area contributed by atoms with Crippen molar-refractivity contribution in [2.45, 2.75) is 51.6 Å². The van der Waals surface area contributed by atoms with E-state index in [4.69, 9.17) is 4.74 Å². The largest absolute Gasteiger partial charge is 0.449 e. The number of anilines is 3. The fourth-order valence-electron chi connectivity index (χ4n) is 4.84. The Labute approximate surface area is 216 Å². The molecule has 202 valence electrons. The highest BCUT2D eigenvalue weighted by Gasteiger charge is 2.34. The molecule has 1 aromatic heterocycles. The SMILES string of the molecule is CCc1cc(CCN2CCCC2)ccc1Nc1cc(NCCCN2CCCOC2=O)c(C(F)(F)F)cn1. The van der Waals surface area contributed by atoms with Gasteiger partial charge in [0.1, 0.15) is 5.82 Å².